The Bertz CT molecular complexity index is 1080. The summed E-state index contributed by atoms with van der Waals surface area (Å²) >= 11 is 2.43. The third-order valence-corrected chi connectivity index (χ3v) is 7.26. The number of thioether (sulfide) groups is 1. The van der Waals surface area contributed by atoms with Gasteiger partial charge in [-0.3, -0.25) is 14.4 Å². The summed E-state index contributed by atoms with van der Waals surface area (Å²) in [5.74, 6) is -1.32. The number of fused-ring (bicyclic) bond motifs is 1. The Morgan fingerprint density at radius 3 is 2.53 bits per heavy atom. The summed E-state index contributed by atoms with van der Waals surface area (Å²) in [6, 6.07) is -0.832. The number of carbonyl (C=O) groups excluding carboxylic acids is 4. The standard InChI is InChI=1S/C23H31N5O8S2/c1-12(2)34-7-15(8-35-13(3)4)36-22(32)14-6-28-20(31)18(21(28)37-9-14)26-19(30)17(27-33-5)16-10-38-23(25-16)24-11-29/h6,10-13,15,18,21H,7-9H2,1-5H3,(H,26,30)(H,24,25,29)/t18?,21-/m1/s1. The van der Waals surface area contributed by atoms with Gasteiger partial charge in [0.15, 0.2) is 10.8 Å². The van der Waals surface area contributed by atoms with Crippen LogP contribution in [-0.4, -0.2) is 95.6 Å². The number of nitrogens with zero attached hydrogens (tertiary/aromatic N) is 3. The maximum Gasteiger partial charge on any atom is 0.336 e. The highest BCUT2D eigenvalue weighted by Gasteiger charge is 2.50. The van der Waals surface area contributed by atoms with Gasteiger partial charge in [-0.25, -0.2) is 9.78 Å². The number of oxime groups is 1. The molecule has 1 unspecified atom stereocenters. The molecule has 0 spiro atoms. The maximum atomic E-state index is 12.9. The lowest BCUT2D eigenvalue weighted by atomic mass is 10.1. The number of rotatable bonds is 14. The second-order valence-electron chi connectivity index (χ2n) is 8.77. The molecule has 2 N–H and O–H groups in total. The number of ether oxygens (including phenoxy) is 3. The van der Waals surface area contributed by atoms with E-state index in [9.17, 15) is 19.2 Å². The molecular weight excluding hydrogens is 538 g/mol. The second-order valence-corrected chi connectivity index (χ2v) is 10.7. The summed E-state index contributed by atoms with van der Waals surface area (Å²) in [6.45, 7) is 7.92. The minimum Gasteiger partial charge on any atom is -0.454 e. The van der Waals surface area contributed by atoms with Crippen LogP contribution < -0.4 is 10.6 Å². The van der Waals surface area contributed by atoms with Gasteiger partial charge in [0, 0.05) is 17.3 Å². The van der Waals surface area contributed by atoms with Gasteiger partial charge in [0.25, 0.3) is 11.8 Å². The van der Waals surface area contributed by atoms with E-state index in [1.165, 1.54) is 35.4 Å². The summed E-state index contributed by atoms with van der Waals surface area (Å²) in [6.07, 6.45) is 1.26. The smallest absolute Gasteiger partial charge is 0.336 e. The first-order chi connectivity index (χ1) is 18.1. The number of thiazole rings is 1. The first-order valence-electron chi connectivity index (χ1n) is 11.8. The molecule has 0 radical (unpaired) electrons. The van der Waals surface area contributed by atoms with Crippen molar-refractivity contribution in [1.82, 2.24) is 15.2 Å². The SMILES string of the molecule is CON=C(C(=O)NC1C(=O)N2C=C(C(=O)OC(COC(C)C)COC(C)C)CS[C@H]12)c1csc(NC=O)n1. The van der Waals surface area contributed by atoms with E-state index in [2.05, 4.69) is 20.8 Å². The van der Waals surface area contributed by atoms with Crippen LogP contribution in [0.4, 0.5) is 5.13 Å². The Balaban J connectivity index is 1.62. The second kappa shape index (κ2) is 13.7. The van der Waals surface area contributed by atoms with E-state index in [0.717, 1.165) is 11.3 Å². The van der Waals surface area contributed by atoms with E-state index < -0.39 is 29.4 Å². The first-order valence-corrected chi connectivity index (χ1v) is 13.7. The minimum atomic E-state index is -0.832. The number of anilines is 1. The van der Waals surface area contributed by atoms with Crippen LogP contribution in [0, 0.1) is 0 Å². The quantitative estimate of drug-likeness (QED) is 0.109. The summed E-state index contributed by atoms with van der Waals surface area (Å²) < 4.78 is 16.8. The molecule has 3 heterocycles. The molecule has 208 valence electrons. The van der Waals surface area contributed by atoms with Crippen LogP contribution >= 0.6 is 23.1 Å². The van der Waals surface area contributed by atoms with Gasteiger partial charge in [0.1, 0.15) is 30.3 Å². The molecule has 1 aromatic heterocycles. The predicted molar refractivity (Wildman–Crippen MR) is 141 cm³/mol. The molecule has 1 aromatic rings. The number of esters is 1. The van der Waals surface area contributed by atoms with Crippen molar-refractivity contribution in [2.75, 3.05) is 31.4 Å². The zero-order chi connectivity index (χ0) is 27.8. The first kappa shape index (κ1) is 29.5. The molecule has 1 fully saturated rings. The third-order valence-electron chi connectivity index (χ3n) is 5.16. The van der Waals surface area contributed by atoms with E-state index in [1.54, 1.807) is 0 Å². The molecule has 15 heteroatoms. The largest absolute Gasteiger partial charge is 0.454 e. The van der Waals surface area contributed by atoms with Crippen molar-refractivity contribution in [3.8, 4) is 0 Å². The van der Waals surface area contributed by atoms with Gasteiger partial charge in [-0.2, -0.15) is 0 Å². The van der Waals surface area contributed by atoms with E-state index >= 15 is 0 Å². The Kier molecular flexibility index (Phi) is 10.6. The van der Waals surface area contributed by atoms with Crippen LogP contribution in [-0.2, 0) is 38.2 Å². The van der Waals surface area contributed by atoms with Crippen LogP contribution in [0.15, 0.2) is 22.3 Å². The highest BCUT2D eigenvalue weighted by Crippen LogP contribution is 2.36. The molecule has 13 nitrogen and oxygen atoms in total. The molecule has 0 saturated carbocycles. The van der Waals surface area contributed by atoms with Crippen LogP contribution in [0.5, 0.6) is 0 Å². The van der Waals surface area contributed by atoms with Gasteiger partial charge in [-0.15, -0.1) is 23.1 Å². The third kappa shape index (κ3) is 7.52. The zero-order valence-electron chi connectivity index (χ0n) is 21.7. The zero-order valence-corrected chi connectivity index (χ0v) is 23.3. The average Bonchev–Trinajstić information content (AvgIpc) is 3.34. The fraction of sp³-hybridized carbons (Fsp3) is 0.565. The van der Waals surface area contributed by atoms with E-state index in [0.29, 0.717) is 12.0 Å². The van der Waals surface area contributed by atoms with Crippen molar-refractivity contribution >= 4 is 58.1 Å². The van der Waals surface area contributed by atoms with Crippen molar-refractivity contribution in [1.29, 1.82) is 0 Å². The number of amides is 3. The Morgan fingerprint density at radius 1 is 1.24 bits per heavy atom. The lowest BCUT2D eigenvalue weighted by Crippen LogP contribution is -2.69. The minimum absolute atomic E-state index is 0.0358. The van der Waals surface area contributed by atoms with Crippen molar-refractivity contribution in [3.63, 3.8) is 0 Å². The van der Waals surface area contributed by atoms with Crippen molar-refractivity contribution in [2.45, 2.75) is 57.4 Å². The Labute approximate surface area is 228 Å². The van der Waals surface area contributed by atoms with Crippen molar-refractivity contribution in [2.24, 2.45) is 5.16 Å². The number of β-lactam (4-membered cyclic amide) rings is 1. The van der Waals surface area contributed by atoms with Gasteiger partial charge >= 0.3 is 5.97 Å². The average molecular weight is 570 g/mol. The number of carbonyl (C=O) groups is 4. The summed E-state index contributed by atoms with van der Waals surface area (Å²) in [5.41, 5.74) is 0.358. The van der Waals surface area contributed by atoms with Gasteiger partial charge in [0.2, 0.25) is 6.41 Å². The number of hydrogen-bond donors (Lipinski definition) is 2. The summed E-state index contributed by atoms with van der Waals surface area (Å²) in [7, 11) is 1.28. The van der Waals surface area contributed by atoms with Crippen molar-refractivity contribution in [3.05, 3.63) is 22.8 Å². The van der Waals surface area contributed by atoms with Crippen LogP contribution in [0.3, 0.4) is 0 Å². The normalized spacial score (nSPS) is 19.2. The molecule has 1 saturated heterocycles. The number of nitrogens with one attached hydrogen (secondary N) is 2. The molecule has 3 rings (SSSR count). The molecule has 0 aromatic carbocycles. The van der Waals surface area contributed by atoms with Gasteiger partial charge in [-0.1, -0.05) is 5.16 Å². The van der Waals surface area contributed by atoms with Crippen LogP contribution in [0.1, 0.15) is 33.4 Å². The van der Waals surface area contributed by atoms with Crippen LogP contribution in [0.2, 0.25) is 0 Å². The molecule has 2 aliphatic rings. The number of aromatic nitrogens is 1. The Morgan fingerprint density at radius 2 is 1.92 bits per heavy atom. The molecule has 0 aliphatic carbocycles. The fourth-order valence-corrected chi connectivity index (χ4v) is 5.27. The summed E-state index contributed by atoms with van der Waals surface area (Å²) in [4.78, 5) is 59.4. The van der Waals surface area contributed by atoms with E-state index in [-0.39, 0.29) is 53.6 Å². The van der Waals surface area contributed by atoms with Crippen LogP contribution in [0.25, 0.3) is 0 Å². The highest BCUT2D eigenvalue weighted by atomic mass is 32.2. The molecule has 38 heavy (non-hydrogen) atoms. The van der Waals surface area contributed by atoms with Gasteiger partial charge < -0.3 is 34.6 Å². The summed E-state index contributed by atoms with van der Waals surface area (Å²) in [5, 5.41) is 10.2. The number of hydrogen-bond acceptors (Lipinski definition) is 12. The van der Waals surface area contributed by atoms with Gasteiger partial charge in [-0.05, 0) is 27.7 Å². The molecule has 2 atom stereocenters. The van der Waals surface area contributed by atoms with E-state index in [1.807, 2.05) is 27.7 Å². The topological polar surface area (TPSA) is 158 Å². The molecular formula is C23H31N5O8S2. The molecule has 3 amide bonds. The molecule has 0 bridgehead atoms. The fourth-order valence-electron chi connectivity index (χ4n) is 3.37. The lowest BCUT2D eigenvalue weighted by Gasteiger charge is -2.47. The van der Waals surface area contributed by atoms with E-state index in [4.69, 9.17) is 19.0 Å². The lowest BCUT2D eigenvalue weighted by molar-refractivity contribution is -0.154. The van der Waals surface area contributed by atoms with Crippen molar-refractivity contribution < 1.29 is 38.2 Å². The highest BCUT2D eigenvalue weighted by molar-refractivity contribution is 8.00. The molecule has 2 aliphatic heterocycles. The Hall–Kier alpha value is -3.01. The van der Waals surface area contributed by atoms with Gasteiger partial charge in [0.05, 0.1) is 31.0 Å². The predicted octanol–water partition coefficient (Wildman–Crippen LogP) is 1.11. The maximum absolute atomic E-state index is 12.9. The monoisotopic (exact) mass is 569 g/mol.